The minimum atomic E-state index is -4.91. The van der Waals surface area contributed by atoms with Crippen molar-refractivity contribution in [2.24, 2.45) is 5.41 Å². The Morgan fingerprint density at radius 1 is 1.20 bits per heavy atom. The predicted octanol–water partition coefficient (Wildman–Crippen LogP) is -1.21. The highest BCUT2D eigenvalue weighted by Crippen LogP contribution is 2.35. The largest absolute Gasteiger partial charge is 0.479 e. The van der Waals surface area contributed by atoms with E-state index in [-0.39, 0.29) is 0 Å². The van der Waals surface area contributed by atoms with Crippen LogP contribution in [0.5, 0.6) is 0 Å². The smallest absolute Gasteiger partial charge is 0.397 e. The summed E-state index contributed by atoms with van der Waals surface area (Å²) < 4.78 is 39.8. The van der Waals surface area contributed by atoms with Crippen LogP contribution in [0.3, 0.4) is 0 Å². The quantitative estimate of drug-likeness (QED) is 0.470. The van der Waals surface area contributed by atoms with Crippen LogP contribution in [0, 0.1) is 5.41 Å². The van der Waals surface area contributed by atoms with Gasteiger partial charge < -0.3 is 20.1 Å². The second-order valence-electron chi connectivity index (χ2n) is 5.65. The molecule has 0 aromatic rings. The zero-order valence-electron chi connectivity index (χ0n) is 11.1. The lowest BCUT2D eigenvalue weighted by Gasteiger charge is -2.45. The number of aliphatic carboxylic acids is 1. The van der Waals surface area contributed by atoms with Crippen molar-refractivity contribution in [3.8, 4) is 0 Å². The summed E-state index contributed by atoms with van der Waals surface area (Å²) in [5, 5.41) is 28.4. The molecule has 0 aromatic heterocycles. The van der Waals surface area contributed by atoms with Crippen molar-refractivity contribution < 1.29 is 42.0 Å². The number of rotatable bonds is 3. The van der Waals surface area contributed by atoms with Gasteiger partial charge in [-0.3, -0.25) is 4.55 Å². The average molecular weight is 314 g/mol. The van der Waals surface area contributed by atoms with Crippen LogP contribution in [0.4, 0.5) is 0 Å². The Hall–Kier alpha value is -0.780. The summed E-state index contributed by atoms with van der Waals surface area (Å²) in [6.07, 6.45) is -8.27. The van der Waals surface area contributed by atoms with E-state index in [4.69, 9.17) is 14.4 Å². The Balaban J connectivity index is 3.15. The van der Waals surface area contributed by atoms with Gasteiger partial charge in [0.05, 0.1) is 6.10 Å². The van der Waals surface area contributed by atoms with Gasteiger partial charge in [-0.2, -0.15) is 8.42 Å². The lowest BCUT2D eigenvalue weighted by atomic mass is 9.80. The highest BCUT2D eigenvalue weighted by molar-refractivity contribution is 7.80. The Kier molecular flexibility index (Phi) is 4.79. The summed E-state index contributed by atoms with van der Waals surface area (Å²) in [4.78, 5) is 11.0. The number of ether oxygens (including phenoxy) is 1. The van der Waals surface area contributed by atoms with Crippen molar-refractivity contribution in [3.63, 3.8) is 0 Å². The molecular weight excluding hydrogens is 296 g/mol. The molecule has 0 radical (unpaired) electrons. The Morgan fingerprint density at radius 2 is 1.70 bits per heavy atom. The molecule has 1 aliphatic rings. The fraction of sp³-hybridized carbons (Fsp3) is 0.900. The maximum Gasteiger partial charge on any atom is 0.397 e. The molecule has 5 unspecified atom stereocenters. The van der Waals surface area contributed by atoms with Crippen molar-refractivity contribution in [3.05, 3.63) is 0 Å². The molecule has 5 atom stereocenters. The highest BCUT2D eigenvalue weighted by Gasteiger charge is 2.52. The van der Waals surface area contributed by atoms with Gasteiger partial charge in [0.25, 0.3) is 0 Å². The van der Waals surface area contributed by atoms with E-state index in [1.165, 1.54) is 0 Å². The van der Waals surface area contributed by atoms with E-state index >= 15 is 0 Å². The standard InChI is InChI=1S/C10H18O9S/c1-10(2,3)8-6(19-20(15,16)17)4(11)5(12)7(18-8)9(13)14/h4-8,11-12H,1-3H3,(H,13,14)(H,15,16,17). The van der Waals surface area contributed by atoms with Gasteiger partial charge in [0, 0.05) is 0 Å². The first kappa shape index (κ1) is 17.3. The summed E-state index contributed by atoms with van der Waals surface area (Å²) in [6.45, 7) is 4.80. The summed E-state index contributed by atoms with van der Waals surface area (Å²) >= 11 is 0. The molecule has 0 aromatic carbocycles. The molecule has 1 fully saturated rings. The van der Waals surface area contributed by atoms with Gasteiger partial charge in [0.1, 0.15) is 18.3 Å². The van der Waals surface area contributed by atoms with E-state index in [1.54, 1.807) is 20.8 Å². The van der Waals surface area contributed by atoms with E-state index in [0.29, 0.717) is 0 Å². The molecule has 4 N–H and O–H groups in total. The van der Waals surface area contributed by atoms with Gasteiger partial charge in [-0.15, -0.1) is 0 Å². The predicted molar refractivity (Wildman–Crippen MR) is 64.2 cm³/mol. The molecule has 10 heteroatoms. The van der Waals surface area contributed by atoms with Gasteiger partial charge in [-0.1, -0.05) is 20.8 Å². The molecule has 9 nitrogen and oxygen atoms in total. The SMILES string of the molecule is CC(C)(C)C1OC(C(=O)O)C(O)C(O)C1OS(=O)(=O)O. The number of carboxylic acid groups (broad SMARTS) is 1. The molecule has 1 aliphatic heterocycles. The molecule has 1 rings (SSSR count). The third kappa shape index (κ3) is 3.87. The van der Waals surface area contributed by atoms with Crippen LogP contribution in [0.2, 0.25) is 0 Å². The molecule has 0 bridgehead atoms. The summed E-state index contributed by atoms with van der Waals surface area (Å²) in [7, 11) is -4.91. The van der Waals surface area contributed by atoms with Crippen LogP contribution in [0.15, 0.2) is 0 Å². The Bertz CT molecular complexity index is 466. The van der Waals surface area contributed by atoms with Gasteiger partial charge in [-0.25, -0.2) is 8.98 Å². The second kappa shape index (κ2) is 5.54. The van der Waals surface area contributed by atoms with Crippen LogP contribution >= 0.6 is 0 Å². The number of aliphatic hydroxyl groups excluding tert-OH is 2. The van der Waals surface area contributed by atoms with Gasteiger partial charge >= 0.3 is 16.4 Å². The van der Waals surface area contributed by atoms with E-state index in [9.17, 15) is 23.4 Å². The van der Waals surface area contributed by atoms with Crippen LogP contribution in [-0.4, -0.2) is 64.8 Å². The molecule has 20 heavy (non-hydrogen) atoms. The van der Waals surface area contributed by atoms with Crippen LogP contribution < -0.4 is 0 Å². The fourth-order valence-electron chi connectivity index (χ4n) is 2.02. The molecule has 0 amide bonds. The molecule has 1 heterocycles. The molecule has 0 spiro atoms. The van der Waals surface area contributed by atoms with E-state index in [2.05, 4.69) is 4.18 Å². The lowest BCUT2D eigenvalue weighted by Crippen LogP contribution is -2.63. The first-order chi connectivity index (χ1) is 8.84. The van der Waals surface area contributed by atoms with Gasteiger partial charge in [0.2, 0.25) is 0 Å². The Labute approximate surface area is 116 Å². The first-order valence-corrected chi connectivity index (χ1v) is 7.11. The van der Waals surface area contributed by atoms with Gasteiger partial charge in [-0.05, 0) is 5.41 Å². The number of carbonyl (C=O) groups is 1. The van der Waals surface area contributed by atoms with Crippen molar-refractivity contribution >= 4 is 16.4 Å². The van der Waals surface area contributed by atoms with Crippen molar-refractivity contribution in [1.29, 1.82) is 0 Å². The van der Waals surface area contributed by atoms with Crippen LogP contribution in [0.25, 0.3) is 0 Å². The second-order valence-corrected chi connectivity index (χ2v) is 6.70. The van der Waals surface area contributed by atoms with Gasteiger partial charge in [0.15, 0.2) is 6.10 Å². The average Bonchev–Trinajstić information content (AvgIpc) is 2.20. The van der Waals surface area contributed by atoms with E-state index in [1.807, 2.05) is 0 Å². The third-order valence-corrected chi connectivity index (χ3v) is 3.38. The monoisotopic (exact) mass is 314 g/mol. The lowest BCUT2D eigenvalue weighted by molar-refractivity contribution is -0.240. The zero-order chi connectivity index (χ0) is 15.9. The van der Waals surface area contributed by atoms with Crippen molar-refractivity contribution in [2.75, 3.05) is 0 Å². The topological polar surface area (TPSA) is 151 Å². The number of hydrogen-bond donors (Lipinski definition) is 4. The summed E-state index contributed by atoms with van der Waals surface area (Å²) in [5.74, 6) is -1.50. The maximum absolute atomic E-state index is 11.0. The van der Waals surface area contributed by atoms with Crippen LogP contribution in [0.1, 0.15) is 20.8 Å². The first-order valence-electron chi connectivity index (χ1n) is 5.74. The number of carboxylic acids is 1. The Morgan fingerprint density at radius 3 is 2.05 bits per heavy atom. The maximum atomic E-state index is 11.0. The summed E-state index contributed by atoms with van der Waals surface area (Å²) in [6, 6.07) is 0. The molecule has 0 aliphatic carbocycles. The molecule has 118 valence electrons. The molecule has 0 saturated carbocycles. The fourth-order valence-corrected chi connectivity index (χ4v) is 2.51. The van der Waals surface area contributed by atoms with Crippen molar-refractivity contribution in [2.45, 2.75) is 51.3 Å². The summed E-state index contributed by atoms with van der Waals surface area (Å²) in [5.41, 5.74) is -0.815. The minimum Gasteiger partial charge on any atom is -0.479 e. The highest BCUT2D eigenvalue weighted by atomic mass is 32.3. The van der Waals surface area contributed by atoms with E-state index in [0.717, 1.165) is 0 Å². The minimum absolute atomic E-state index is 0.815. The normalized spacial score (nSPS) is 35.8. The van der Waals surface area contributed by atoms with E-state index < -0.39 is 52.3 Å². The number of aliphatic hydroxyl groups is 2. The zero-order valence-corrected chi connectivity index (χ0v) is 11.9. The molecule has 1 saturated heterocycles. The van der Waals surface area contributed by atoms with Crippen LogP contribution in [-0.2, 0) is 24.1 Å². The molecular formula is C10H18O9S. The van der Waals surface area contributed by atoms with Crippen molar-refractivity contribution in [1.82, 2.24) is 0 Å². The third-order valence-electron chi connectivity index (χ3n) is 2.92. The number of hydrogen-bond acceptors (Lipinski definition) is 7.